The van der Waals surface area contributed by atoms with E-state index in [0.29, 0.717) is 6.42 Å². The van der Waals surface area contributed by atoms with Gasteiger partial charge in [-0.15, -0.1) is 0 Å². The number of aliphatic carboxylic acids is 1. The predicted octanol–water partition coefficient (Wildman–Crippen LogP) is 1.81. The first-order valence-electron chi connectivity index (χ1n) is 6.50. The number of nitrogens with zero attached hydrogens (tertiary/aromatic N) is 2. The molecule has 6 nitrogen and oxygen atoms in total. The van der Waals surface area contributed by atoms with E-state index in [1.165, 1.54) is 18.6 Å². The molecular weight excluding hydrogens is 270 g/mol. The number of benzene rings is 1. The van der Waals surface area contributed by atoms with Crippen molar-refractivity contribution in [3.63, 3.8) is 0 Å². The topological polar surface area (TPSA) is 92.2 Å². The summed E-state index contributed by atoms with van der Waals surface area (Å²) in [5, 5.41) is 11.6. The number of carboxylic acid groups (broad SMARTS) is 1. The van der Waals surface area contributed by atoms with Gasteiger partial charge in [0.1, 0.15) is 5.69 Å². The Labute approximate surface area is 121 Å². The van der Waals surface area contributed by atoms with Crippen molar-refractivity contribution in [3.8, 4) is 0 Å². The van der Waals surface area contributed by atoms with Gasteiger partial charge in [0.2, 0.25) is 0 Å². The van der Waals surface area contributed by atoms with Crippen molar-refractivity contribution in [2.75, 3.05) is 0 Å². The number of amides is 1. The van der Waals surface area contributed by atoms with Crippen molar-refractivity contribution in [1.29, 1.82) is 0 Å². The predicted molar refractivity (Wildman–Crippen MR) is 75.6 cm³/mol. The maximum absolute atomic E-state index is 12.1. The summed E-state index contributed by atoms with van der Waals surface area (Å²) in [5.41, 5.74) is 1.06. The highest BCUT2D eigenvalue weighted by atomic mass is 16.4. The second kappa shape index (κ2) is 7.14. The van der Waals surface area contributed by atoms with Crippen molar-refractivity contribution >= 4 is 11.9 Å². The summed E-state index contributed by atoms with van der Waals surface area (Å²) in [6.45, 7) is 0. The highest BCUT2D eigenvalue weighted by Crippen LogP contribution is 2.18. The number of aromatic nitrogens is 2. The smallest absolute Gasteiger partial charge is 0.303 e. The molecule has 0 spiro atoms. The van der Waals surface area contributed by atoms with Crippen LogP contribution >= 0.6 is 0 Å². The summed E-state index contributed by atoms with van der Waals surface area (Å²) < 4.78 is 0. The first-order chi connectivity index (χ1) is 10.2. The molecule has 0 aliphatic carbocycles. The Morgan fingerprint density at radius 2 is 1.95 bits per heavy atom. The fraction of sp³-hybridized carbons (Fsp3) is 0.200. The molecule has 108 valence electrons. The van der Waals surface area contributed by atoms with Crippen molar-refractivity contribution in [2.24, 2.45) is 0 Å². The molecule has 1 atom stereocenters. The summed E-state index contributed by atoms with van der Waals surface area (Å²) in [7, 11) is 0. The first-order valence-corrected chi connectivity index (χ1v) is 6.50. The molecule has 2 N–H and O–H groups in total. The molecule has 0 saturated carbocycles. The van der Waals surface area contributed by atoms with E-state index in [-0.39, 0.29) is 24.1 Å². The van der Waals surface area contributed by atoms with Gasteiger partial charge in [0.05, 0.1) is 12.2 Å². The van der Waals surface area contributed by atoms with Crippen LogP contribution in [0.15, 0.2) is 48.9 Å². The molecule has 0 aliphatic rings. The molecule has 2 aromatic rings. The minimum absolute atomic E-state index is 0.0275. The Balaban J connectivity index is 2.12. The summed E-state index contributed by atoms with van der Waals surface area (Å²) in [5.74, 6) is -1.27. The van der Waals surface area contributed by atoms with Crippen LogP contribution in [-0.2, 0) is 4.79 Å². The van der Waals surface area contributed by atoms with Crippen LogP contribution < -0.4 is 5.32 Å². The molecule has 0 radical (unpaired) electrons. The minimum Gasteiger partial charge on any atom is -0.481 e. The number of hydrogen-bond acceptors (Lipinski definition) is 4. The third-order valence-electron chi connectivity index (χ3n) is 2.95. The van der Waals surface area contributed by atoms with Gasteiger partial charge in [-0.05, 0) is 12.0 Å². The van der Waals surface area contributed by atoms with Gasteiger partial charge in [-0.25, -0.2) is 4.98 Å². The monoisotopic (exact) mass is 285 g/mol. The lowest BCUT2D eigenvalue weighted by Crippen LogP contribution is -2.29. The van der Waals surface area contributed by atoms with Gasteiger partial charge in [0, 0.05) is 18.8 Å². The lowest BCUT2D eigenvalue weighted by molar-refractivity contribution is -0.137. The van der Waals surface area contributed by atoms with Gasteiger partial charge >= 0.3 is 5.97 Å². The van der Waals surface area contributed by atoms with E-state index in [0.717, 1.165) is 5.56 Å². The number of hydrogen-bond donors (Lipinski definition) is 2. The zero-order valence-electron chi connectivity index (χ0n) is 11.3. The summed E-state index contributed by atoms with van der Waals surface area (Å²) in [4.78, 5) is 30.6. The molecule has 2 rings (SSSR count). The molecule has 0 aliphatic heterocycles. The molecule has 1 amide bonds. The van der Waals surface area contributed by atoms with Crippen LogP contribution in [0, 0.1) is 0 Å². The highest BCUT2D eigenvalue weighted by molar-refractivity contribution is 5.92. The van der Waals surface area contributed by atoms with E-state index in [2.05, 4.69) is 15.3 Å². The Bertz CT molecular complexity index is 602. The number of carboxylic acids is 1. The number of carbonyl (C=O) groups is 2. The van der Waals surface area contributed by atoms with E-state index in [1.54, 1.807) is 0 Å². The molecule has 0 saturated heterocycles. The van der Waals surface area contributed by atoms with Crippen LogP contribution in [0.4, 0.5) is 0 Å². The first kappa shape index (κ1) is 14.6. The Kier molecular flexibility index (Phi) is 4.98. The van der Waals surface area contributed by atoms with Crippen molar-refractivity contribution < 1.29 is 14.7 Å². The average molecular weight is 285 g/mol. The Morgan fingerprint density at radius 1 is 1.19 bits per heavy atom. The van der Waals surface area contributed by atoms with Crippen molar-refractivity contribution in [2.45, 2.75) is 18.9 Å². The fourth-order valence-corrected chi connectivity index (χ4v) is 1.92. The lowest BCUT2D eigenvalue weighted by atomic mass is 10.0. The van der Waals surface area contributed by atoms with Crippen LogP contribution in [0.1, 0.15) is 34.9 Å². The summed E-state index contributed by atoms with van der Waals surface area (Å²) >= 11 is 0. The van der Waals surface area contributed by atoms with Crippen LogP contribution in [0.5, 0.6) is 0 Å². The molecule has 1 heterocycles. The van der Waals surface area contributed by atoms with Gasteiger partial charge in [0.25, 0.3) is 5.91 Å². The third kappa shape index (κ3) is 4.38. The van der Waals surface area contributed by atoms with Crippen molar-refractivity contribution in [1.82, 2.24) is 15.3 Å². The maximum Gasteiger partial charge on any atom is 0.303 e. The minimum atomic E-state index is -0.898. The van der Waals surface area contributed by atoms with Gasteiger partial charge in [-0.2, -0.15) is 0 Å². The molecule has 0 bridgehead atoms. The van der Waals surface area contributed by atoms with E-state index in [9.17, 15) is 9.59 Å². The molecule has 1 aromatic heterocycles. The molecule has 6 heteroatoms. The van der Waals surface area contributed by atoms with E-state index >= 15 is 0 Å². The SMILES string of the molecule is O=C(O)CCC(NC(=O)c1cnccn1)c1ccccc1. The average Bonchev–Trinajstić information content (AvgIpc) is 2.52. The third-order valence-corrected chi connectivity index (χ3v) is 2.95. The maximum atomic E-state index is 12.1. The molecular formula is C15H15N3O3. The zero-order valence-corrected chi connectivity index (χ0v) is 11.3. The lowest BCUT2D eigenvalue weighted by Gasteiger charge is -2.18. The van der Waals surface area contributed by atoms with Crippen LogP contribution in [0.25, 0.3) is 0 Å². The Morgan fingerprint density at radius 3 is 2.57 bits per heavy atom. The van der Waals surface area contributed by atoms with Gasteiger partial charge in [-0.1, -0.05) is 30.3 Å². The van der Waals surface area contributed by atoms with E-state index < -0.39 is 5.97 Å². The second-order valence-corrected chi connectivity index (χ2v) is 4.46. The summed E-state index contributed by atoms with van der Waals surface area (Å²) in [6, 6.07) is 8.88. The quantitative estimate of drug-likeness (QED) is 0.844. The van der Waals surface area contributed by atoms with E-state index in [1.807, 2.05) is 30.3 Å². The molecule has 0 fully saturated rings. The van der Waals surface area contributed by atoms with Crippen molar-refractivity contribution in [3.05, 3.63) is 60.2 Å². The fourth-order valence-electron chi connectivity index (χ4n) is 1.92. The van der Waals surface area contributed by atoms with Crippen LogP contribution in [0.3, 0.4) is 0 Å². The zero-order chi connectivity index (χ0) is 15.1. The van der Waals surface area contributed by atoms with Crippen LogP contribution in [0.2, 0.25) is 0 Å². The highest BCUT2D eigenvalue weighted by Gasteiger charge is 2.17. The second-order valence-electron chi connectivity index (χ2n) is 4.46. The number of nitrogens with one attached hydrogen (secondary N) is 1. The number of carbonyl (C=O) groups excluding carboxylic acids is 1. The Hall–Kier alpha value is -2.76. The van der Waals surface area contributed by atoms with Gasteiger partial charge in [-0.3, -0.25) is 14.6 Å². The normalized spacial score (nSPS) is 11.6. The number of rotatable bonds is 6. The molecule has 1 aromatic carbocycles. The molecule has 1 unspecified atom stereocenters. The van der Waals surface area contributed by atoms with Gasteiger partial charge in [0.15, 0.2) is 0 Å². The molecule has 21 heavy (non-hydrogen) atoms. The van der Waals surface area contributed by atoms with Gasteiger partial charge < -0.3 is 10.4 Å². The van der Waals surface area contributed by atoms with Crippen LogP contribution in [-0.4, -0.2) is 27.0 Å². The standard InChI is InChI=1S/C15H15N3O3/c19-14(20)7-6-12(11-4-2-1-3-5-11)18-15(21)13-10-16-8-9-17-13/h1-5,8-10,12H,6-7H2,(H,18,21)(H,19,20). The largest absolute Gasteiger partial charge is 0.481 e. The summed E-state index contributed by atoms with van der Waals surface area (Å²) in [6.07, 6.45) is 4.57. The van der Waals surface area contributed by atoms with E-state index in [4.69, 9.17) is 5.11 Å².